The summed E-state index contributed by atoms with van der Waals surface area (Å²) in [5.74, 6) is 0.488. The first-order valence-electron chi connectivity index (χ1n) is 6.20. The lowest BCUT2D eigenvalue weighted by Crippen LogP contribution is -1.97. The van der Waals surface area contributed by atoms with E-state index in [-0.39, 0.29) is 0 Å². The van der Waals surface area contributed by atoms with Crippen molar-refractivity contribution in [2.24, 2.45) is 5.73 Å². The molecular formula is C16H18ClN. The van der Waals surface area contributed by atoms with E-state index in [1.165, 1.54) is 11.1 Å². The third-order valence-electron chi connectivity index (χ3n) is 3.09. The second kappa shape index (κ2) is 5.55. The van der Waals surface area contributed by atoms with Gasteiger partial charge in [0.05, 0.1) is 0 Å². The molecule has 2 aromatic carbocycles. The van der Waals surface area contributed by atoms with Gasteiger partial charge in [-0.05, 0) is 46.4 Å². The van der Waals surface area contributed by atoms with Crippen molar-refractivity contribution in [2.75, 3.05) is 0 Å². The van der Waals surface area contributed by atoms with E-state index in [1.54, 1.807) is 0 Å². The van der Waals surface area contributed by atoms with Crippen molar-refractivity contribution in [3.05, 3.63) is 58.6 Å². The molecule has 0 fully saturated rings. The van der Waals surface area contributed by atoms with Crippen LogP contribution in [0.25, 0.3) is 11.1 Å². The van der Waals surface area contributed by atoms with Crippen LogP contribution < -0.4 is 5.73 Å². The van der Waals surface area contributed by atoms with Gasteiger partial charge in [-0.25, -0.2) is 0 Å². The van der Waals surface area contributed by atoms with Crippen molar-refractivity contribution >= 4 is 11.6 Å². The minimum absolute atomic E-state index is 0.488. The molecule has 0 aliphatic carbocycles. The average Bonchev–Trinajstić information content (AvgIpc) is 2.38. The van der Waals surface area contributed by atoms with Crippen molar-refractivity contribution in [1.29, 1.82) is 0 Å². The Bertz CT molecular complexity index is 547. The van der Waals surface area contributed by atoms with Crippen LogP contribution in [-0.4, -0.2) is 0 Å². The predicted molar refractivity (Wildman–Crippen MR) is 78.9 cm³/mol. The highest BCUT2D eigenvalue weighted by Gasteiger charge is 2.09. The zero-order valence-corrected chi connectivity index (χ0v) is 11.5. The Hall–Kier alpha value is -1.31. The summed E-state index contributed by atoms with van der Waals surface area (Å²) in [6, 6.07) is 14.5. The first kappa shape index (κ1) is 13.1. The zero-order valence-electron chi connectivity index (χ0n) is 10.8. The number of hydrogen-bond donors (Lipinski definition) is 1. The second-order valence-electron chi connectivity index (χ2n) is 4.79. The molecular weight excluding hydrogens is 242 g/mol. The van der Waals surface area contributed by atoms with Gasteiger partial charge in [0.15, 0.2) is 0 Å². The highest BCUT2D eigenvalue weighted by molar-refractivity contribution is 6.31. The van der Waals surface area contributed by atoms with Crippen molar-refractivity contribution < 1.29 is 0 Å². The molecule has 18 heavy (non-hydrogen) atoms. The molecule has 0 aliphatic heterocycles. The fourth-order valence-corrected chi connectivity index (χ4v) is 2.44. The van der Waals surface area contributed by atoms with E-state index < -0.39 is 0 Å². The summed E-state index contributed by atoms with van der Waals surface area (Å²) in [6.07, 6.45) is 0. The van der Waals surface area contributed by atoms with Crippen molar-refractivity contribution in [3.8, 4) is 11.1 Å². The Labute approximate surface area is 114 Å². The van der Waals surface area contributed by atoms with Crippen LogP contribution in [0.2, 0.25) is 5.02 Å². The third-order valence-corrected chi connectivity index (χ3v) is 3.31. The highest BCUT2D eigenvalue weighted by atomic mass is 35.5. The number of hydrogen-bond acceptors (Lipinski definition) is 1. The number of rotatable bonds is 3. The first-order chi connectivity index (χ1) is 8.61. The zero-order chi connectivity index (χ0) is 13.1. The fraction of sp³-hybridized carbons (Fsp3) is 0.250. The third kappa shape index (κ3) is 2.74. The Balaban J connectivity index is 2.58. The van der Waals surface area contributed by atoms with E-state index in [9.17, 15) is 0 Å². The SMILES string of the molecule is CC(C)c1ccccc1-c1cc(Cl)cc(CN)c1. The van der Waals surface area contributed by atoms with Crippen molar-refractivity contribution in [2.45, 2.75) is 26.3 Å². The van der Waals surface area contributed by atoms with E-state index in [0.717, 1.165) is 16.1 Å². The predicted octanol–water partition coefficient (Wildman–Crippen LogP) is 4.59. The summed E-state index contributed by atoms with van der Waals surface area (Å²) in [7, 11) is 0. The maximum atomic E-state index is 6.16. The molecule has 0 unspecified atom stereocenters. The maximum absolute atomic E-state index is 6.16. The molecule has 0 aliphatic rings. The minimum atomic E-state index is 0.488. The number of halogens is 1. The summed E-state index contributed by atoms with van der Waals surface area (Å²) in [5.41, 5.74) is 10.5. The molecule has 0 radical (unpaired) electrons. The Morgan fingerprint density at radius 3 is 2.50 bits per heavy atom. The molecule has 2 N–H and O–H groups in total. The fourth-order valence-electron chi connectivity index (χ4n) is 2.19. The molecule has 0 amide bonds. The molecule has 0 saturated carbocycles. The van der Waals surface area contributed by atoms with Crippen molar-refractivity contribution in [3.63, 3.8) is 0 Å². The Kier molecular flexibility index (Phi) is 4.05. The van der Waals surface area contributed by atoms with Crippen LogP contribution in [0.4, 0.5) is 0 Å². The molecule has 94 valence electrons. The van der Waals surface area contributed by atoms with Gasteiger partial charge in [0.2, 0.25) is 0 Å². The van der Waals surface area contributed by atoms with E-state index >= 15 is 0 Å². The standard InChI is InChI=1S/C16H18ClN/c1-11(2)15-5-3-4-6-16(15)13-7-12(10-18)8-14(17)9-13/h3-9,11H,10,18H2,1-2H3. The van der Waals surface area contributed by atoms with E-state index in [1.807, 2.05) is 12.1 Å². The molecule has 0 spiro atoms. The molecule has 2 rings (SSSR count). The van der Waals surface area contributed by atoms with Gasteiger partial charge in [-0.15, -0.1) is 0 Å². The van der Waals surface area contributed by atoms with Crippen LogP contribution in [0, 0.1) is 0 Å². The lowest BCUT2D eigenvalue weighted by molar-refractivity contribution is 0.869. The molecule has 0 atom stereocenters. The van der Waals surface area contributed by atoms with E-state index in [2.05, 4.69) is 44.2 Å². The maximum Gasteiger partial charge on any atom is 0.0415 e. The topological polar surface area (TPSA) is 26.0 Å². The number of nitrogens with two attached hydrogens (primary N) is 1. The van der Waals surface area contributed by atoms with Gasteiger partial charge < -0.3 is 5.73 Å². The van der Waals surface area contributed by atoms with Gasteiger partial charge in [0.25, 0.3) is 0 Å². The van der Waals surface area contributed by atoms with Gasteiger partial charge >= 0.3 is 0 Å². The molecule has 0 heterocycles. The van der Waals surface area contributed by atoms with Gasteiger partial charge in [-0.1, -0.05) is 49.7 Å². The summed E-state index contributed by atoms with van der Waals surface area (Å²) in [6.45, 7) is 4.91. The molecule has 2 aromatic rings. The minimum Gasteiger partial charge on any atom is -0.326 e. The highest BCUT2D eigenvalue weighted by Crippen LogP contribution is 2.31. The monoisotopic (exact) mass is 259 g/mol. The van der Waals surface area contributed by atoms with Gasteiger partial charge in [0.1, 0.15) is 0 Å². The smallest absolute Gasteiger partial charge is 0.0415 e. The first-order valence-corrected chi connectivity index (χ1v) is 6.58. The molecule has 0 saturated heterocycles. The summed E-state index contributed by atoms with van der Waals surface area (Å²) >= 11 is 6.16. The largest absolute Gasteiger partial charge is 0.326 e. The molecule has 1 nitrogen and oxygen atoms in total. The van der Waals surface area contributed by atoms with Crippen LogP contribution in [-0.2, 0) is 6.54 Å². The van der Waals surface area contributed by atoms with E-state index in [0.29, 0.717) is 12.5 Å². The average molecular weight is 260 g/mol. The summed E-state index contributed by atoms with van der Waals surface area (Å²) in [4.78, 5) is 0. The summed E-state index contributed by atoms with van der Waals surface area (Å²) in [5, 5.41) is 0.742. The number of benzene rings is 2. The van der Waals surface area contributed by atoms with Gasteiger partial charge in [-0.2, -0.15) is 0 Å². The lowest BCUT2D eigenvalue weighted by atomic mass is 9.92. The van der Waals surface area contributed by atoms with Crippen LogP contribution >= 0.6 is 11.6 Å². The molecule has 0 aromatic heterocycles. The van der Waals surface area contributed by atoms with Crippen LogP contribution in [0.1, 0.15) is 30.9 Å². The molecule has 0 bridgehead atoms. The van der Waals surface area contributed by atoms with Crippen LogP contribution in [0.15, 0.2) is 42.5 Å². The normalized spacial score (nSPS) is 10.9. The van der Waals surface area contributed by atoms with Crippen molar-refractivity contribution in [1.82, 2.24) is 0 Å². The van der Waals surface area contributed by atoms with Gasteiger partial charge in [-0.3, -0.25) is 0 Å². The Morgan fingerprint density at radius 2 is 1.83 bits per heavy atom. The van der Waals surface area contributed by atoms with Gasteiger partial charge in [0, 0.05) is 11.6 Å². The molecule has 2 heteroatoms. The lowest BCUT2D eigenvalue weighted by Gasteiger charge is -2.14. The van der Waals surface area contributed by atoms with Crippen LogP contribution in [0.5, 0.6) is 0 Å². The van der Waals surface area contributed by atoms with E-state index in [4.69, 9.17) is 17.3 Å². The second-order valence-corrected chi connectivity index (χ2v) is 5.23. The quantitative estimate of drug-likeness (QED) is 0.857. The Morgan fingerprint density at radius 1 is 1.11 bits per heavy atom. The van der Waals surface area contributed by atoms with Crippen LogP contribution in [0.3, 0.4) is 0 Å². The summed E-state index contributed by atoms with van der Waals surface area (Å²) < 4.78 is 0.